The van der Waals surface area contributed by atoms with E-state index in [2.05, 4.69) is 10.2 Å². The average molecular weight is 172 g/mol. The van der Waals surface area contributed by atoms with Gasteiger partial charge in [-0.2, -0.15) is 5.10 Å². The van der Waals surface area contributed by atoms with Crippen molar-refractivity contribution in [3.63, 3.8) is 0 Å². The van der Waals surface area contributed by atoms with Gasteiger partial charge in [-0.1, -0.05) is 11.6 Å². The summed E-state index contributed by atoms with van der Waals surface area (Å²) < 4.78 is 0. The summed E-state index contributed by atoms with van der Waals surface area (Å²) in [6, 6.07) is 3.61. The van der Waals surface area contributed by atoms with E-state index in [-0.39, 0.29) is 0 Å². The van der Waals surface area contributed by atoms with Gasteiger partial charge in [-0.05, 0) is 26.2 Å². The summed E-state index contributed by atoms with van der Waals surface area (Å²) in [6.07, 6.45) is 0. The fourth-order valence-electron chi connectivity index (χ4n) is 0.752. The van der Waals surface area contributed by atoms with Gasteiger partial charge in [-0.3, -0.25) is 0 Å². The highest BCUT2D eigenvalue weighted by molar-refractivity contribution is 6.29. The molecule has 1 aromatic rings. The first-order valence-corrected chi connectivity index (χ1v) is 3.69. The minimum Gasteiger partial charge on any atom is -0.304 e. The van der Waals surface area contributed by atoms with Crippen molar-refractivity contribution in [2.24, 2.45) is 0 Å². The zero-order chi connectivity index (χ0) is 8.27. The summed E-state index contributed by atoms with van der Waals surface area (Å²) in [5.74, 6) is 0. The van der Waals surface area contributed by atoms with Gasteiger partial charge < -0.3 is 4.90 Å². The lowest BCUT2D eigenvalue weighted by molar-refractivity contribution is 0.395. The van der Waals surface area contributed by atoms with Crippen LogP contribution in [0.25, 0.3) is 0 Å². The van der Waals surface area contributed by atoms with Crippen molar-refractivity contribution >= 4 is 11.6 Å². The molecule has 0 aliphatic carbocycles. The van der Waals surface area contributed by atoms with Gasteiger partial charge in [0.25, 0.3) is 0 Å². The smallest absolute Gasteiger partial charge is 0.151 e. The zero-order valence-electron chi connectivity index (χ0n) is 6.58. The van der Waals surface area contributed by atoms with Gasteiger partial charge in [0.15, 0.2) is 5.15 Å². The largest absolute Gasteiger partial charge is 0.304 e. The molecule has 3 nitrogen and oxygen atoms in total. The molecule has 0 saturated carbocycles. The van der Waals surface area contributed by atoms with Crippen LogP contribution in [0.15, 0.2) is 12.1 Å². The number of hydrogen-bond acceptors (Lipinski definition) is 3. The highest BCUT2D eigenvalue weighted by Crippen LogP contribution is 2.02. The lowest BCUT2D eigenvalue weighted by Crippen LogP contribution is -2.12. The maximum absolute atomic E-state index is 5.56. The van der Waals surface area contributed by atoms with Crippen LogP contribution in [-0.4, -0.2) is 29.2 Å². The van der Waals surface area contributed by atoms with Gasteiger partial charge in [0.2, 0.25) is 0 Å². The molecule has 0 atom stereocenters. The molecule has 60 valence electrons. The van der Waals surface area contributed by atoms with Gasteiger partial charge in [0.1, 0.15) is 0 Å². The summed E-state index contributed by atoms with van der Waals surface area (Å²) in [4.78, 5) is 2.03. The Morgan fingerprint density at radius 1 is 1.36 bits per heavy atom. The Morgan fingerprint density at radius 2 is 2.09 bits per heavy atom. The maximum Gasteiger partial charge on any atom is 0.151 e. The van der Waals surface area contributed by atoms with Crippen LogP contribution in [0, 0.1) is 0 Å². The molecule has 0 radical (unpaired) electrons. The Hall–Kier alpha value is -0.670. The standard InChI is InChI=1S/C7H10ClN3/c1-11(2)5-6-3-4-7(8)10-9-6/h3-4H,5H2,1-2H3. The van der Waals surface area contributed by atoms with E-state index in [4.69, 9.17) is 11.6 Å². The van der Waals surface area contributed by atoms with Crippen LogP contribution in [0.1, 0.15) is 5.69 Å². The normalized spacial score (nSPS) is 10.5. The first kappa shape index (κ1) is 8.43. The topological polar surface area (TPSA) is 29.0 Å². The lowest BCUT2D eigenvalue weighted by atomic mass is 10.4. The van der Waals surface area contributed by atoms with Crippen molar-refractivity contribution in [2.45, 2.75) is 6.54 Å². The van der Waals surface area contributed by atoms with E-state index in [1.54, 1.807) is 6.07 Å². The molecule has 0 fully saturated rings. The monoisotopic (exact) mass is 171 g/mol. The highest BCUT2D eigenvalue weighted by atomic mass is 35.5. The molecule has 1 aromatic heterocycles. The van der Waals surface area contributed by atoms with Crippen molar-refractivity contribution in [1.82, 2.24) is 15.1 Å². The first-order chi connectivity index (χ1) is 5.18. The van der Waals surface area contributed by atoms with Gasteiger partial charge >= 0.3 is 0 Å². The molecular weight excluding hydrogens is 162 g/mol. The van der Waals surface area contributed by atoms with E-state index in [0.717, 1.165) is 12.2 Å². The van der Waals surface area contributed by atoms with Gasteiger partial charge in [0, 0.05) is 6.54 Å². The summed E-state index contributed by atoms with van der Waals surface area (Å²) in [7, 11) is 3.96. The van der Waals surface area contributed by atoms with Crippen LogP contribution in [-0.2, 0) is 6.54 Å². The van der Waals surface area contributed by atoms with E-state index in [1.807, 2.05) is 25.1 Å². The quantitative estimate of drug-likeness (QED) is 0.670. The number of halogens is 1. The Labute approximate surface area is 71.0 Å². The SMILES string of the molecule is CN(C)Cc1ccc(Cl)nn1. The Kier molecular flexibility index (Phi) is 2.79. The first-order valence-electron chi connectivity index (χ1n) is 3.31. The van der Waals surface area contributed by atoms with Crippen LogP contribution in [0.2, 0.25) is 5.15 Å². The molecule has 0 unspecified atom stereocenters. The average Bonchev–Trinajstić information content (AvgIpc) is 1.93. The van der Waals surface area contributed by atoms with Crippen LogP contribution in [0.3, 0.4) is 0 Å². The summed E-state index contributed by atoms with van der Waals surface area (Å²) >= 11 is 5.56. The van der Waals surface area contributed by atoms with Crippen molar-refractivity contribution in [3.05, 3.63) is 23.0 Å². The summed E-state index contributed by atoms with van der Waals surface area (Å²) in [5.41, 5.74) is 0.930. The fourth-order valence-corrected chi connectivity index (χ4v) is 0.853. The third-order valence-electron chi connectivity index (χ3n) is 1.17. The van der Waals surface area contributed by atoms with Crippen molar-refractivity contribution in [1.29, 1.82) is 0 Å². The predicted molar refractivity (Wildman–Crippen MR) is 44.4 cm³/mol. The second-order valence-corrected chi connectivity index (χ2v) is 2.97. The molecule has 11 heavy (non-hydrogen) atoms. The predicted octanol–water partition coefficient (Wildman–Crippen LogP) is 1.19. The second-order valence-electron chi connectivity index (χ2n) is 2.59. The Balaban J connectivity index is 2.66. The Morgan fingerprint density at radius 3 is 2.55 bits per heavy atom. The van der Waals surface area contributed by atoms with E-state index >= 15 is 0 Å². The third-order valence-corrected chi connectivity index (χ3v) is 1.37. The van der Waals surface area contributed by atoms with Crippen molar-refractivity contribution < 1.29 is 0 Å². The number of aromatic nitrogens is 2. The van der Waals surface area contributed by atoms with Crippen LogP contribution in [0.4, 0.5) is 0 Å². The molecular formula is C7H10ClN3. The fraction of sp³-hybridized carbons (Fsp3) is 0.429. The maximum atomic E-state index is 5.56. The van der Waals surface area contributed by atoms with Crippen LogP contribution < -0.4 is 0 Å². The Bertz CT molecular complexity index is 220. The summed E-state index contributed by atoms with van der Waals surface area (Å²) in [6.45, 7) is 0.796. The molecule has 0 aliphatic rings. The molecule has 0 N–H and O–H groups in total. The number of nitrogens with zero attached hydrogens (tertiary/aromatic N) is 3. The van der Waals surface area contributed by atoms with E-state index in [9.17, 15) is 0 Å². The van der Waals surface area contributed by atoms with E-state index < -0.39 is 0 Å². The van der Waals surface area contributed by atoms with Gasteiger partial charge in [-0.15, -0.1) is 5.10 Å². The molecule has 0 spiro atoms. The number of hydrogen-bond donors (Lipinski definition) is 0. The minimum absolute atomic E-state index is 0.438. The van der Waals surface area contributed by atoms with E-state index in [0.29, 0.717) is 5.15 Å². The molecule has 4 heteroatoms. The third kappa shape index (κ3) is 2.82. The molecule has 1 heterocycles. The molecule has 0 amide bonds. The van der Waals surface area contributed by atoms with Crippen molar-refractivity contribution in [2.75, 3.05) is 14.1 Å². The highest BCUT2D eigenvalue weighted by Gasteiger charge is 1.96. The van der Waals surface area contributed by atoms with E-state index in [1.165, 1.54) is 0 Å². The zero-order valence-corrected chi connectivity index (χ0v) is 7.34. The van der Waals surface area contributed by atoms with Gasteiger partial charge in [0.05, 0.1) is 5.69 Å². The number of rotatable bonds is 2. The molecule has 0 aromatic carbocycles. The molecule has 0 saturated heterocycles. The molecule has 1 rings (SSSR count). The molecule has 0 aliphatic heterocycles. The summed E-state index contributed by atoms with van der Waals surface area (Å²) in [5, 5.41) is 8.05. The second kappa shape index (κ2) is 3.64. The van der Waals surface area contributed by atoms with Gasteiger partial charge in [-0.25, -0.2) is 0 Å². The van der Waals surface area contributed by atoms with Crippen LogP contribution in [0.5, 0.6) is 0 Å². The molecule has 0 bridgehead atoms. The lowest BCUT2D eigenvalue weighted by Gasteiger charge is -2.06. The van der Waals surface area contributed by atoms with Crippen LogP contribution >= 0.6 is 11.6 Å². The van der Waals surface area contributed by atoms with Crippen molar-refractivity contribution in [3.8, 4) is 0 Å². The minimum atomic E-state index is 0.438.